The van der Waals surface area contributed by atoms with Gasteiger partial charge in [0.15, 0.2) is 0 Å². The lowest BCUT2D eigenvalue weighted by Crippen LogP contribution is -2.60. The molecule has 4 rings (SSSR count). The van der Waals surface area contributed by atoms with Gasteiger partial charge in [-0.3, -0.25) is 14.5 Å². The molecule has 0 unspecified atom stereocenters. The van der Waals surface area contributed by atoms with Gasteiger partial charge in [0.2, 0.25) is 0 Å². The predicted octanol–water partition coefficient (Wildman–Crippen LogP) is 3.42. The van der Waals surface area contributed by atoms with Crippen molar-refractivity contribution in [2.75, 3.05) is 0 Å². The predicted molar refractivity (Wildman–Crippen MR) is 89.6 cm³/mol. The van der Waals surface area contributed by atoms with Gasteiger partial charge in [-0.05, 0) is 37.5 Å². The van der Waals surface area contributed by atoms with Crippen molar-refractivity contribution in [1.29, 1.82) is 0 Å². The molecule has 2 aromatic rings. The van der Waals surface area contributed by atoms with Gasteiger partial charge in [0.1, 0.15) is 0 Å². The van der Waals surface area contributed by atoms with Crippen LogP contribution in [0.25, 0.3) is 0 Å². The van der Waals surface area contributed by atoms with Gasteiger partial charge in [-0.25, -0.2) is 0 Å². The summed E-state index contributed by atoms with van der Waals surface area (Å²) >= 11 is 0. The number of hydrogen-bond acceptors (Lipinski definition) is 3. The van der Waals surface area contributed by atoms with Gasteiger partial charge in [-0.1, -0.05) is 42.5 Å². The molecule has 0 aromatic heterocycles. The van der Waals surface area contributed by atoms with Gasteiger partial charge in [0.05, 0.1) is 29.4 Å². The highest BCUT2D eigenvalue weighted by Gasteiger charge is 2.53. The Labute approximate surface area is 141 Å². The zero-order valence-corrected chi connectivity index (χ0v) is 13.6. The van der Waals surface area contributed by atoms with Crippen LogP contribution in [-0.2, 0) is 11.3 Å². The first-order valence-corrected chi connectivity index (χ1v) is 8.22. The molecule has 0 bridgehead atoms. The summed E-state index contributed by atoms with van der Waals surface area (Å²) in [5.41, 5.74) is 1.70. The second-order valence-corrected chi connectivity index (χ2v) is 6.82. The quantitative estimate of drug-likeness (QED) is 0.811. The highest BCUT2D eigenvalue weighted by molar-refractivity contribution is 6.21. The summed E-state index contributed by atoms with van der Waals surface area (Å²) in [6.45, 7) is 2.53. The van der Waals surface area contributed by atoms with E-state index in [4.69, 9.17) is 4.74 Å². The van der Waals surface area contributed by atoms with Gasteiger partial charge < -0.3 is 4.74 Å². The highest BCUT2D eigenvalue weighted by Crippen LogP contribution is 2.43. The van der Waals surface area contributed by atoms with E-state index in [1.54, 1.807) is 24.3 Å². The van der Waals surface area contributed by atoms with Crippen LogP contribution in [0.5, 0.6) is 0 Å². The number of ether oxygens (including phenoxy) is 1. The van der Waals surface area contributed by atoms with Crippen LogP contribution in [-0.4, -0.2) is 28.4 Å². The molecule has 1 heterocycles. The Kier molecular flexibility index (Phi) is 3.50. The summed E-state index contributed by atoms with van der Waals surface area (Å²) in [6.07, 6.45) is 1.45. The van der Waals surface area contributed by atoms with Crippen LogP contribution in [0.2, 0.25) is 0 Å². The molecule has 1 aliphatic carbocycles. The number of amides is 2. The zero-order valence-electron chi connectivity index (χ0n) is 13.6. The Morgan fingerprint density at radius 2 is 1.50 bits per heavy atom. The summed E-state index contributed by atoms with van der Waals surface area (Å²) in [4.78, 5) is 26.6. The number of imide groups is 1. The van der Waals surface area contributed by atoms with Crippen molar-refractivity contribution >= 4 is 11.8 Å². The molecule has 0 N–H and O–H groups in total. The van der Waals surface area contributed by atoms with Crippen molar-refractivity contribution in [3.8, 4) is 0 Å². The number of rotatable bonds is 4. The minimum absolute atomic E-state index is 0.0829. The molecule has 1 fully saturated rings. The van der Waals surface area contributed by atoms with E-state index in [-0.39, 0.29) is 17.9 Å². The van der Waals surface area contributed by atoms with Crippen LogP contribution >= 0.6 is 0 Å². The fraction of sp³-hybridized carbons (Fsp3) is 0.300. The van der Waals surface area contributed by atoms with Gasteiger partial charge >= 0.3 is 0 Å². The number of carbonyl (C=O) groups excluding carboxylic acids is 2. The maximum Gasteiger partial charge on any atom is 0.262 e. The largest absolute Gasteiger partial charge is 0.373 e. The van der Waals surface area contributed by atoms with Crippen molar-refractivity contribution < 1.29 is 14.3 Å². The molecule has 4 heteroatoms. The van der Waals surface area contributed by atoms with Crippen molar-refractivity contribution in [3.63, 3.8) is 0 Å². The molecular weight excluding hydrogens is 302 g/mol. The summed E-state index contributed by atoms with van der Waals surface area (Å²) in [5, 5.41) is 0. The number of fused-ring (bicyclic) bond motifs is 1. The minimum Gasteiger partial charge on any atom is -0.373 e. The van der Waals surface area contributed by atoms with E-state index >= 15 is 0 Å². The SMILES string of the molecule is CC1(N2C(=O)c3ccccc3C2=O)CC(OCc2ccccc2)C1. The van der Waals surface area contributed by atoms with E-state index in [1.165, 1.54) is 4.90 Å². The fourth-order valence-electron chi connectivity index (χ4n) is 3.69. The molecule has 24 heavy (non-hydrogen) atoms. The summed E-state index contributed by atoms with van der Waals surface area (Å²) in [7, 11) is 0. The topological polar surface area (TPSA) is 46.6 Å². The third kappa shape index (κ3) is 2.34. The lowest BCUT2D eigenvalue weighted by molar-refractivity contribution is -0.0838. The van der Waals surface area contributed by atoms with Crippen molar-refractivity contribution in [1.82, 2.24) is 4.90 Å². The molecule has 0 saturated heterocycles. The summed E-state index contributed by atoms with van der Waals surface area (Å²) in [5.74, 6) is -0.362. The third-order valence-corrected chi connectivity index (χ3v) is 5.00. The Bertz CT molecular complexity index is 759. The second kappa shape index (κ2) is 5.56. The monoisotopic (exact) mass is 321 g/mol. The molecule has 0 radical (unpaired) electrons. The Morgan fingerprint density at radius 3 is 2.08 bits per heavy atom. The smallest absolute Gasteiger partial charge is 0.262 e. The standard InChI is InChI=1S/C20H19NO3/c1-20(11-15(12-20)24-13-14-7-3-2-4-8-14)21-18(22)16-9-5-6-10-17(16)19(21)23/h2-10,15H,11-13H2,1H3. The van der Waals surface area contributed by atoms with E-state index < -0.39 is 5.54 Å². The molecule has 122 valence electrons. The van der Waals surface area contributed by atoms with Crippen LogP contribution in [0, 0.1) is 0 Å². The fourth-order valence-corrected chi connectivity index (χ4v) is 3.69. The first kappa shape index (κ1) is 15.1. The molecule has 1 saturated carbocycles. The van der Waals surface area contributed by atoms with Crippen LogP contribution in [0.3, 0.4) is 0 Å². The van der Waals surface area contributed by atoms with Crippen LogP contribution in [0.15, 0.2) is 54.6 Å². The Hall–Kier alpha value is -2.46. The van der Waals surface area contributed by atoms with Crippen molar-refractivity contribution in [2.24, 2.45) is 0 Å². The molecule has 2 amide bonds. The summed E-state index contributed by atoms with van der Waals surface area (Å²) < 4.78 is 5.92. The van der Waals surface area contributed by atoms with E-state index in [0.29, 0.717) is 30.6 Å². The maximum atomic E-state index is 12.6. The number of carbonyl (C=O) groups is 2. The third-order valence-electron chi connectivity index (χ3n) is 5.00. The van der Waals surface area contributed by atoms with Gasteiger partial charge in [0.25, 0.3) is 11.8 Å². The average Bonchev–Trinajstić information content (AvgIpc) is 2.84. The number of hydrogen-bond donors (Lipinski definition) is 0. The van der Waals surface area contributed by atoms with E-state index in [1.807, 2.05) is 37.3 Å². The Balaban J connectivity index is 1.42. The van der Waals surface area contributed by atoms with E-state index in [2.05, 4.69) is 0 Å². The maximum absolute atomic E-state index is 12.6. The van der Waals surface area contributed by atoms with Crippen molar-refractivity contribution in [3.05, 3.63) is 71.3 Å². The van der Waals surface area contributed by atoms with Crippen molar-refractivity contribution in [2.45, 2.75) is 38.0 Å². The second-order valence-electron chi connectivity index (χ2n) is 6.82. The minimum atomic E-state index is -0.450. The van der Waals surface area contributed by atoms with Gasteiger partial charge in [0, 0.05) is 0 Å². The van der Waals surface area contributed by atoms with E-state index in [0.717, 1.165) is 5.56 Å². The highest BCUT2D eigenvalue weighted by atomic mass is 16.5. The lowest BCUT2D eigenvalue weighted by atomic mass is 9.74. The van der Waals surface area contributed by atoms with Crippen LogP contribution < -0.4 is 0 Å². The molecule has 2 aliphatic rings. The molecule has 1 aliphatic heterocycles. The average molecular weight is 321 g/mol. The number of benzene rings is 2. The zero-order chi connectivity index (χ0) is 16.7. The van der Waals surface area contributed by atoms with Gasteiger partial charge in [-0.2, -0.15) is 0 Å². The summed E-state index contributed by atoms with van der Waals surface area (Å²) in [6, 6.07) is 17.0. The molecule has 0 atom stereocenters. The van der Waals surface area contributed by atoms with E-state index in [9.17, 15) is 9.59 Å². The lowest BCUT2D eigenvalue weighted by Gasteiger charge is -2.49. The molecule has 0 spiro atoms. The Morgan fingerprint density at radius 1 is 0.958 bits per heavy atom. The van der Waals surface area contributed by atoms with Gasteiger partial charge in [-0.15, -0.1) is 0 Å². The van der Waals surface area contributed by atoms with Crippen LogP contribution in [0.1, 0.15) is 46.0 Å². The number of nitrogens with zero attached hydrogens (tertiary/aromatic N) is 1. The molecular formula is C20H19NO3. The molecule has 4 nitrogen and oxygen atoms in total. The normalized spacial score (nSPS) is 25.5. The molecule has 2 aromatic carbocycles. The first-order valence-electron chi connectivity index (χ1n) is 8.22. The van der Waals surface area contributed by atoms with Crippen LogP contribution in [0.4, 0.5) is 0 Å². The first-order chi connectivity index (χ1) is 11.6.